The van der Waals surface area contributed by atoms with Crippen molar-refractivity contribution in [2.75, 3.05) is 26.2 Å². The van der Waals surface area contributed by atoms with Gasteiger partial charge in [0.05, 0.1) is 0 Å². The van der Waals surface area contributed by atoms with E-state index in [4.69, 9.17) is 14.7 Å². The van der Waals surface area contributed by atoms with Crippen LogP contribution in [0.1, 0.15) is 129 Å². The third-order valence-corrected chi connectivity index (χ3v) is 5.97. The van der Waals surface area contributed by atoms with Gasteiger partial charge in [-0.2, -0.15) is 9.59 Å². The molecule has 1 rings (SSSR count). The molecule has 0 bridgehead atoms. The van der Waals surface area contributed by atoms with Crippen LogP contribution < -0.4 is 10.6 Å². The predicted molar refractivity (Wildman–Crippen MR) is 160 cm³/mol. The topological polar surface area (TPSA) is 98.7 Å². The lowest BCUT2D eigenvalue weighted by atomic mass is 9.93. The fourth-order valence-corrected chi connectivity index (χ4v) is 3.66. The second kappa shape index (κ2) is 21.5. The quantitative estimate of drug-likeness (QED) is 0.300. The number of carboxylic acid groups (broad SMARTS) is 1. The Morgan fingerprint density at radius 2 is 1.39 bits per heavy atom. The van der Waals surface area contributed by atoms with E-state index in [2.05, 4.69) is 98.6 Å². The minimum absolute atomic E-state index is 0.140. The Kier molecular flexibility index (Phi) is 23.4. The lowest BCUT2D eigenvalue weighted by Gasteiger charge is -2.37. The Bertz CT molecular complexity index is 612. The molecule has 7 nitrogen and oxygen atoms in total. The van der Waals surface area contributed by atoms with Gasteiger partial charge in [0.25, 0.3) is 0 Å². The Morgan fingerprint density at radius 1 is 0.921 bits per heavy atom. The van der Waals surface area contributed by atoms with Crippen LogP contribution in [-0.2, 0) is 14.4 Å². The molecular formula is C31H65N3O4. The molecule has 0 radical (unpaired) electrons. The molecule has 0 amide bonds. The third-order valence-electron chi connectivity index (χ3n) is 5.97. The second-order valence-electron chi connectivity index (χ2n) is 14.3. The highest BCUT2D eigenvalue weighted by Crippen LogP contribution is 2.22. The first kappa shape index (κ1) is 41.2. The van der Waals surface area contributed by atoms with Crippen LogP contribution in [-0.4, -0.2) is 66.4 Å². The summed E-state index contributed by atoms with van der Waals surface area (Å²) in [5.41, 5.74) is 1.02. The Hall–Kier alpha value is -1.27. The van der Waals surface area contributed by atoms with E-state index in [-0.39, 0.29) is 17.6 Å². The first-order chi connectivity index (χ1) is 17.2. The van der Waals surface area contributed by atoms with Crippen molar-refractivity contribution < 1.29 is 19.5 Å². The second-order valence-corrected chi connectivity index (χ2v) is 14.3. The van der Waals surface area contributed by atoms with Crippen molar-refractivity contribution >= 4 is 12.1 Å². The Balaban J connectivity index is -0.000000462. The van der Waals surface area contributed by atoms with Gasteiger partial charge < -0.3 is 20.6 Å². The highest BCUT2D eigenvalue weighted by atomic mass is 16.4. The zero-order valence-electron chi connectivity index (χ0n) is 27.4. The van der Waals surface area contributed by atoms with E-state index in [0.717, 1.165) is 25.6 Å². The smallest absolute Gasteiger partial charge is 0.373 e. The van der Waals surface area contributed by atoms with E-state index in [0.29, 0.717) is 23.3 Å². The van der Waals surface area contributed by atoms with Gasteiger partial charge >= 0.3 is 12.1 Å². The van der Waals surface area contributed by atoms with E-state index in [1.54, 1.807) is 0 Å². The van der Waals surface area contributed by atoms with Crippen molar-refractivity contribution in [2.45, 2.75) is 147 Å². The molecule has 3 N–H and O–H groups in total. The molecule has 228 valence electrons. The lowest BCUT2D eigenvalue weighted by molar-refractivity contribution is -0.191. The van der Waals surface area contributed by atoms with Crippen molar-refractivity contribution in [3.63, 3.8) is 0 Å². The zero-order chi connectivity index (χ0) is 30.6. The van der Waals surface area contributed by atoms with Crippen molar-refractivity contribution in [1.82, 2.24) is 15.5 Å². The number of hydrogen-bond acceptors (Lipinski definition) is 6. The molecule has 0 spiro atoms. The molecule has 3 atom stereocenters. The van der Waals surface area contributed by atoms with Crippen LogP contribution in [0, 0.1) is 16.2 Å². The number of hydrogen-bond donors (Lipinski definition) is 3. The summed E-state index contributed by atoms with van der Waals surface area (Å²) in [7, 11) is 0. The van der Waals surface area contributed by atoms with E-state index in [1.807, 2.05) is 6.92 Å². The molecular weight excluding hydrogens is 478 g/mol. The third kappa shape index (κ3) is 31.0. The molecule has 0 aromatic heterocycles. The van der Waals surface area contributed by atoms with Crippen molar-refractivity contribution in [3.05, 3.63) is 0 Å². The normalized spacial score (nSPS) is 17.8. The van der Waals surface area contributed by atoms with Crippen molar-refractivity contribution in [1.29, 1.82) is 0 Å². The van der Waals surface area contributed by atoms with Gasteiger partial charge in [-0.15, -0.1) is 0 Å². The molecule has 0 aromatic carbocycles. The number of carbonyl (C=O) groups excluding carboxylic acids is 2. The molecule has 7 heteroatoms. The van der Waals surface area contributed by atoms with Crippen LogP contribution in [0.5, 0.6) is 0 Å². The number of likely N-dealkylation sites (tertiary alicyclic amines) is 1. The van der Waals surface area contributed by atoms with Gasteiger partial charge in [-0.25, -0.2) is 0 Å². The summed E-state index contributed by atoms with van der Waals surface area (Å²) in [4.78, 5) is 29.6. The average molecular weight is 544 g/mol. The van der Waals surface area contributed by atoms with Crippen LogP contribution in [0.25, 0.3) is 0 Å². The van der Waals surface area contributed by atoms with Crippen LogP contribution in [0.4, 0.5) is 0 Å². The number of carbonyl (C=O) groups is 1. The number of nitrogens with one attached hydrogen (secondary N) is 2. The minimum atomic E-state index is -0.744. The summed E-state index contributed by atoms with van der Waals surface area (Å²) in [6.45, 7) is 33.2. The van der Waals surface area contributed by atoms with Gasteiger partial charge in [-0.1, -0.05) is 89.0 Å². The molecule has 1 heterocycles. The molecule has 0 aliphatic carbocycles. The number of nitrogens with zero attached hydrogens (tertiary/aromatic N) is 1. The summed E-state index contributed by atoms with van der Waals surface area (Å²) in [5.74, 6) is -0.744. The van der Waals surface area contributed by atoms with E-state index in [9.17, 15) is 4.79 Å². The van der Waals surface area contributed by atoms with Gasteiger partial charge in [0.15, 0.2) is 0 Å². The van der Waals surface area contributed by atoms with Gasteiger partial charge in [0, 0.05) is 31.7 Å². The largest absolute Gasteiger partial charge is 0.480 e. The Labute approximate surface area is 236 Å². The van der Waals surface area contributed by atoms with Gasteiger partial charge in [0.2, 0.25) is 0 Å². The summed E-state index contributed by atoms with van der Waals surface area (Å²) < 4.78 is 0. The molecule has 1 saturated heterocycles. The summed E-state index contributed by atoms with van der Waals surface area (Å²) >= 11 is 0. The first-order valence-electron chi connectivity index (χ1n) is 14.7. The van der Waals surface area contributed by atoms with Crippen molar-refractivity contribution in [3.8, 4) is 0 Å². The molecule has 1 aliphatic heterocycles. The minimum Gasteiger partial charge on any atom is -0.480 e. The SMILES string of the molecule is CCC[C@H](NCC(C)(C)C)C(=O)O.CC[C@@H](C)NCC(C)(C)C.C[C@@H]1CCCCN1CC(C)(C)C.O=C=O. The van der Waals surface area contributed by atoms with Crippen LogP contribution in [0.2, 0.25) is 0 Å². The first-order valence-corrected chi connectivity index (χ1v) is 14.7. The maximum atomic E-state index is 10.7. The molecule has 1 aliphatic rings. The zero-order valence-corrected chi connectivity index (χ0v) is 27.4. The molecule has 0 unspecified atom stereocenters. The molecule has 0 aromatic rings. The number of piperidine rings is 1. The maximum absolute atomic E-state index is 10.7. The fraction of sp³-hybridized carbons (Fsp3) is 0.935. The summed E-state index contributed by atoms with van der Waals surface area (Å²) in [6.07, 6.45) is 7.30. The predicted octanol–water partition coefficient (Wildman–Crippen LogP) is 6.62. The van der Waals surface area contributed by atoms with Crippen LogP contribution in [0.15, 0.2) is 0 Å². The van der Waals surface area contributed by atoms with Gasteiger partial charge in [-0.3, -0.25) is 4.79 Å². The number of aliphatic carboxylic acids is 1. The van der Waals surface area contributed by atoms with E-state index in [1.165, 1.54) is 38.8 Å². The highest BCUT2D eigenvalue weighted by Gasteiger charge is 2.23. The summed E-state index contributed by atoms with van der Waals surface area (Å²) in [5, 5.41) is 15.4. The maximum Gasteiger partial charge on any atom is 0.373 e. The fourth-order valence-electron chi connectivity index (χ4n) is 3.66. The van der Waals surface area contributed by atoms with E-state index >= 15 is 0 Å². The van der Waals surface area contributed by atoms with Crippen molar-refractivity contribution in [2.24, 2.45) is 16.2 Å². The highest BCUT2D eigenvalue weighted by molar-refractivity contribution is 5.73. The Morgan fingerprint density at radius 3 is 1.74 bits per heavy atom. The number of rotatable bonds is 9. The monoisotopic (exact) mass is 543 g/mol. The summed E-state index contributed by atoms with van der Waals surface area (Å²) in [6, 6.07) is 1.10. The average Bonchev–Trinajstić information content (AvgIpc) is 2.76. The number of carboxylic acids is 1. The molecule has 1 fully saturated rings. The van der Waals surface area contributed by atoms with E-state index < -0.39 is 5.97 Å². The van der Waals surface area contributed by atoms with Gasteiger partial charge in [-0.05, 0) is 62.3 Å². The standard InChI is InChI=1S/C11H23N.C10H21NO2.C9H21N.CO2/c1-10-7-5-6-8-12(10)9-11(2,3)4;1-5-6-8(9(12)13)11-7-10(2,3)4;1-6-8(2)10-7-9(3,4)5;2-1-3/h10H,5-9H2,1-4H3;8,11H,5-7H2,1-4H3,(H,12,13);8,10H,6-7H2,1-5H3;/t10-;2*8-;/m101./s1. The molecule has 0 saturated carbocycles. The molecule has 38 heavy (non-hydrogen) atoms. The van der Waals surface area contributed by atoms with Crippen LogP contribution >= 0.6 is 0 Å². The van der Waals surface area contributed by atoms with Crippen LogP contribution in [0.3, 0.4) is 0 Å². The lowest BCUT2D eigenvalue weighted by Crippen LogP contribution is -2.42. The van der Waals surface area contributed by atoms with Gasteiger partial charge in [0.1, 0.15) is 6.04 Å².